The van der Waals surface area contributed by atoms with Crippen molar-refractivity contribution in [2.75, 3.05) is 31.4 Å². The van der Waals surface area contributed by atoms with Crippen LogP contribution in [0.3, 0.4) is 0 Å². The molecule has 1 saturated heterocycles. The molecule has 30 heavy (non-hydrogen) atoms. The molecule has 158 valence electrons. The molecule has 0 radical (unpaired) electrons. The third kappa shape index (κ3) is 3.19. The largest absolute Gasteiger partial charge is 0.491 e. The van der Waals surface area contributed by atoms with Gasteiger partial charge in [0.2, 0.25) is 6.79 Å². The van der Waals surface area contributed by atoms with E-state index in [1.165, 1.54) is 11.1 Å². The summed E-state index contributed by atoms with van der Waals surface area (Å²) in [5, 5.41) is 14.2. The zero-order chi connectivity index (χ0) is 20.1. The molecular formula is C24H28N2O4. The van der Waals surface area contributed by atoms with Crippen LogP contribution in [0.5, 0.6) is 17.2 Å². The van der Waals surface area contributed by atoms with Crippen molar-refractivity contribution >= 4 is 5.69 Å². The quantitative estimate of drug-likeness (QED) is 0.814. The number of aliphatic hydroxyl groups excluding tert-OH is 1. The molecule has 0 bridgehead atoms. The fourth-order valence-electron chi connectivity index (χ4n) is 5.39. The van der Waals surface area contributed by atoms with Gasteiger partial charge in [-0.25, -0.2) is 0 Å². The molecule has 6 nitrogen and oxygen atoms in total. The zero-order valence-corrected chi connectivity index (χ0v) is 17.1. The summed E-state index contributed by atoms with van der Waals surface area (Å²) in [6.45, 7) is 2.94. The Balaban J connectivity index is 1.08. The number of nitrogens with zero attached hydrogens (tertiary/aromatic N) is 1. The van der Waals surface area contributed by atoms with E-state index >= 15 is 0 Å². The van der Waals surface area contributed by atoms with Crippen molar-refractivity contribution in [3.05, 3.63) is 47.0 Å². The molecule has 1 aliphatic carbocycles. The number of aliphatic hydroxyl groups is 1. The van der Waals surface area contributed by atoms with Crippen LogP contribution in [0.25, 0.3) is 0 Å². The lowest BCUT2D eigenvalue weighted by atomic mass is 9.99. The second-order valence-electron chi connectivity index (χ2n) is 8.86. The monoisotopic (exact) mass is 408 g/mol. The van der Waals surface area contributed by atoms with E-state index in [1.54, 1.807) is 0 Å². The predicted molar refractivity (Wildman–Crippen MR) is 114 cm³/mol. The van der Waals surface area contributed by atoms with Gasteiger partial charge in [0.25, 0.3) is 0 Å². The molecule has 1 atom stereocenters. The van der Waals surface area contributed by atoms with Gasteiger partial charge in [0.1, 0.15) is 5.75 Å². The summed E-state index contributed by atoms with van der Waals surface area (Å²) in [5.74, 6) is 2.66. The van der Waals surface area contributed by atoms with Gasteiger partial charge in [-0.3, -0.25) is 0 Å². The van der Waals surface area contributed by atoms with Crippen molar-refractivity contribution in [1.82, 2.24) is 5.32 Å². The highest BCUT2D eigenvalue weighted by Crippen LogP contribution is 2.41. The molecule has 1 unspecified atom stereocenters. The normalized spacial score (nSPS) is 23.2. The third-order valence-corrected chi connectivity index (χ3v) is 6.96. The number of anilines is 1. The Labute approximate surface area is 176 Å². The first-order valence-electron chi connectivity index (χ1n) is 11.1. The van der Waals surface area contributed by atoms with Gasteiger partial charge in [0.05, 0.1) is 18.4 Å². The fourth-order valence-corrected chi connectivity index (χ4v) is 5.39. The smallest absolute Gasteiger partial charge is 0.231 e. The number of nitrogens with one attached hydrogen (secondary N) is 1. The molecule has 0 saturated carbocycles. The van der Waals surface area contributed by atoms with Crippen LogP contribution in [0, 0.1) is 0 Å². The standard InChI is InChI=1S/C24H28N2O4/c27-21-6-9-28-24-19(21)2-1-3-20(24)26-7-4-17(5-8-26)25-18-10-15-12-22-23(30-14-29-22)13-16(15)11-18/h1-3,12-13,17-18,21,25,27H,4-11,14H2. The van der Waals surface area contributed by atoms with Crippen LogP contribution >= 0.6 is 0 Å². The summed E-state index contributed by atoms with van der Waals surface area (Å²) in [6.07, 6.45) is 4.61. The van der Waals surface area contributed by atoms with E-state index in [4.69, 9.17) is 14.2 Å². The molecule has 0 spiro atoms. The maximum atomic E-state index is 10.3. The van der Waals surface area contributed by atoms with E-state index in [9.17, 15) is 5.11 Å². The topological polar surface area (TPSA) is 63.2 Å². The molecule has 0 amide bonds. The summed E-state index contributed by atoms with van der Waals surface area (Å²) in [5.41, 5.74) is 4.84. The van der Waals surface area contributed by atoms with Gasteiger partial charge in [0.15, 0.2) is 11.5 Å². The Morgan fingerprint density at radius 3 is 2.37 bits per heavy atom. The van der Waals surface area contributed by atoms with E-state index in [0.717, 1.165) is 67.3 Å². The van der Waals surface area contributed by atoms with E-state index in [0.29, 0.717) is 31.9 Å². The fraction of sp³-hybridized carbons (Fsp3) is 0.500. The lowest BCUT2D eigenvalue weighted by Gasteiger charge is -2.37. The molecule has 2 aromatic carbocycles. The first-order chi connectivity index (χ1) is 14.7. The lowest BCUT2D eigenvalue weighted by molar-refractivity contribution is 0.115. The number of benzene rings is 2. The maximum absolute atomic E-state index is 10.3. The molecule has 0 aromatic heterocycles. The second-order valence-corrected chi connectivity index (χ2v) is 8.86. The van der Waals surface area contributed by atoms with Gasteiger partial charge in [0, 0.05) is 37.2 Å². The molecule has 2 N–H and O–H groups in total. The maximum Gasteiger partial charge on any atom is 0.231 e. The molecule has 6 rings (SSSR count). The van der Waals surface area contributed by atoms with Crippen molar-refractivity contribution in [3.63, 3.8) is 0 Å². The Morgan fingerprint density at radius 1 is 0.900 bits per heavy atom. The SMILES string of the molecule is OC1CCOc2c1cccc2N1CCC(NC2Cc3cc4c(cc3C2)OCO4)CC1. The van der Waals surface area contributed by atoms with Crippen LogP contribution in [0.1, 0.15) is 42.1 Å². The van der Waals surface area contributed by atoms with Crippen LogP contribution in [0.15, 0.2) is 30.3 Å². The minimum atomic E-state index is -0.408. The number of rotatable bonds is 3. The molecule has 1 fully saturated rings. The van der Waals surface area contributed by atoms with Crippen molar-refractivity contribution in [1.29, 1.82) is 0 Å². The van der Waals surface area contributed by atoms with Crippen molar-refractivity contribution < 1.29 is 19.3 Å². The average Bonchev–Trinajstić information content (AvgIpc) is 3.38. The lowest BCUT2D eigenvalue weighted by Crippen LogP contribution is -2.46. The number of para-hydroxylation sites is 1. The van der Waals surface area contributed by atoms with Crippen LogP contribution in [-0.4, -0.2) is 43.7 Å². The van der Waals surface area contributed by atoms with Gasteiger partial charge in [-0.05, 0) is 55.0 Å². The Hall–Kier alpha value is -2.44. The number of piperidine rings is 1. The minimum Gasteiger partial charge on any atom is -0.491 e. The highest BCUT2D eigenvalue weighted by molar-refractivity contribution is 5.63. The molecular weight excluding hydrogens is 380 g/mol. The van der Waals surface area contributed by atoms with Crippen LogP contribution < -0.4 is 24.4 Å². The summed E-state index contributed by atoms with van der Waals surface area (Å²) in [6, 6.07) is 11.5. The molecule has 6 heteroatoms. The van der Waals surface area contributed by atoms with Gasteiger partial charge in [-0.1, -0.05) is 12.1 Å². The summed E-state index contributed by atoms with van der Waals surface area (Å²) < 4.78 is 17.0. The Morgan fingerprint density at radius 2 is 1.63 bits per heavy atom. The molecule has 3 aliphatic heterocycles. The highest BCUT2D eigenvalue weighted by atomic mass is 16.7. The van der Waals surface area contributed by atoms with Gasteiger partial charge < -0.3 is 29.5 Å². The molecule has 3 heterocycles. The number of hydrogen-bond donors (Lipinski definition) is 2. The van der Waals surface area contributed by atoms with Crippen LogP contribution in [0.4, 0.5) is 5.69 Å². The van der Waals surface area contributed by atoms with E-state index < -0.39 is 6.10 Å². The average molecular weight is 408 g/mol. The summed E-state index contributed by atoms with van der Waals surface area (Å²) in [7, 11) is 0. The summed E-state index contributed by atoms with van der Waals surface area (Å²) >= 11 is 0. The van der Waals surface area contributed by atoms with Crippen LogP contribution in [0.2, 0.25) is 0 Å². The van der Waals surface area contributed by atoms with E-state index in [-0.39, 0.29) is 0 Å². The van der Waals surface area contributed by atoms with E-state index in [1.807, 2.05) is 12.1 Å². The van der Waals surface area contributed by atoms with Crippen LogP contribution in [-0.2, 0) is 12.8 Å². The van der Waals surface area contributed by atoms with Crippen molar-refractivity contribution in [3.8, 4) is 17.2 Å². The Bertz CT molecular complexity index is 921. The van der Waals surface area contributed by atoms with Crippen molar-refractivity contribution in [2.45, 2.75) is 50.3 Å². The zero-order valence-electron chi connectivity index (χ0n) is 17.1. The Kier molecular flexibility index (Phi) is 4.50. The second kappa shape index (κ2) is 7.36. The van der Waals surface area contributed by atoms with Gasteiger partial charge >= 0.3 is 0 Å². The molecule has 2 aromatic rings. The first-order valence-corrected chi connectivity index (χ1v) is 11.1. The highest BCUT2D eigenvalue weighted by Gasteiger charge is 2.30. The predicted octanol–water partition coefficient (Wildman–Crippen LogP) is 2.96. The minimum absolute atomic E-state index is 0.340. The number of fused-ring (bicyclic) bond motifs is 3. The first kappa shape index (κ1) is 18.3. The number of ether oxygens (including phenoxy) is 3. The molecule has 4 aliphatic rings. The van der Waals surface area contributed by atoms with Crippen molar-refractivity contribution in [2.24, 2.45) is 0 Å². The van der Waals surface area contributed by atoms with Gasteiger partial charge in [-0.2, -0.15) is 0 Å². The van der Waals surface area contributed by atoms with E-state index in [2.05, 4.69) is 28.4 Å². The summed E-state index contributed by atoms with van der Waals surface area (Å²) in [4.78, 5) is 2.41. The van der Waals surface area contributed by atoms with Gasteiger partial charge in [-0.15, -0.1) is 0 Å². The third-order valence-electron chi connectivity index (χ3n) is 6.96. The number of hydrogen-bond acceptors (Lipinski definition) is 6.